The van der Waals surface area contributed by atoms with Crippen molar-refractivity contribution in [1.82, 2.24) is 4.90 Å². The summed E-state index contributed by atoms with van der Waals surface area (Å²) in [6.45, 7) is 3.56. The summed E-state index contributed by atoms with van der Waals surface area (Å²) in [6, 6.07) is 7.41. The molecule has 152 valence electrons. The van der Waals surface area contributed by atoms with E-state index in [4.69, 9.17) is 4.84 Å². The van der Waals surface area contributed by atoms with E-state index in [1.165, 1.54) is 34.9 Å². The van der Waals surface area contributed by atoms with Gasteiger partial charge in [-0.05, 0) is 32.0 Å². The molecule has 4 rings (SSSR count). The lowest BCUT2D eigenvalue weighted by atomic mass is 10.0. The van der Waals surface area contributed by atoms with Gasteiger partial charge in [-0.3, -0.25) is 9.21 Å². The Labute approximate surface area is 176 Å². The number of fused-ring (bicyclic) bond motifs is 2. The number of likely N-dealkylation sites (tertiary alicyclic amines) is 1. The maximum absolute atomic E-state index is 13.0. The van der Waals surface area contributed by atoms with Gasteiger partial charge < -0.3 is 4.84 Å². The number of sulfonamides is 1. The van der Waals surface area contributed by atoms with Crippen LogP contribution in [0, 0.1) is 0 Å². The first-order chi connectivity index (χ1) is 13.1. The molecule has 0 spiro atoms. The Bertz CT molecular complexity index is 953. The number of thiophene rings is 1. The van der Waals surface area contributed by atoms with E-state index in [0.717, 1.165) is 25.2 Å². The highest BCUT2D eigenvalue weighted by Crippen LogP contribution is 2.36. The van der Waals surface area contributed by atoms with E-state index in [1.54, 1.807) is 18.5 Å². The van der Waals surface area contributed by atoms with Gasteiger partial charge in [0, 0.05) is 35.5 Å². The minimum atomic E-state index is -3.61. The number of benzene rings is 1. The Kier molecular flexibility index (Phi) is 6.65. The van der Waals surface area contributed by atoms with Crippen LogP contribution in [0.15, 0.2) is 45.1 Å². The molecule has 0 atom stereocenters. The largest absolute Gasteiger partial charge is 0.394 e. The van der Waals surface area contributed by atoms with Crippen LogP contribution in [0.4, 0.5) is 5.69 Å². The van der Waals surface area contributed by atoms with Crippen LogP contribution in [0.2, 0.25) is 0 Å². The van der Waals surface area contributed by atoms with Gasteiger partial charge in [0.1, 0.15) is 17.2 Å². The second-order valence-electron chi connectivity index (χ2n) is 6.81. The predicted octanol–water partition coefficient (Wildman–Crippen LogP) is 3.56. The zero-order valence-electron chi connectivity index (χ0n) is 15.7. The van der Waals surface area contributed by atoms with E-state index >= 15 is 0 Å². The van der Waals surface area contributed by atoms with Crippen LogP contribution in [-0.4, -0.2) is 52.3 Å². The Morgan fingerprint density at radius 2 is 1.86 bits per heavy atom. The number of halogens is 1. The number of hydrogen-bond acceptors (Lipinski definition) is 6. The Hall–Kier alpha value is -1.61. The second-order valence-corrected chi connectivity index (χ2v) is 9.50. The summed E-state index contributed by atoms with van der Waals surface area (Å²) in [7, 11) is -2.03. The van der Waals surface area contributed by atoms with Crippen LogP contribution in [0.1, 0.15) is 30.4 Å². The summed E-state index contributed by atoms with van der Waals surface area (Å²) < 4.78 is 27.2. The number of anilines is 1. The molecule has 3 heterocycles. The zero-order chi connectivity index (χ0) is 18.9. The summed E-state index contributed by atoms with van der Waals surface area (Å²) in [5.41, 5.74) is 2.55. The smallest absolute Gasteiger partial charge is 0.265 e. The quantitative estimate of drug-likeness (QED) is 0.537. The molecule has 28 heavy (non-hydrogen) atoms. The van der Waals surface area contributed by atoms with E-state index in [2.05, 4.69) is 10.1 Å². The van der Waals surface area contributed by atoms with Gasteiger partial charge in [-0.25, -0.2) is 8.42 Å². The van der Waals surface area contributed by atoms with E-state index in [1.807, 2.05) is 23.6 Å². The molecule has 1 saturated heterocycles. The average Bonchev–Trinajstić information content (AvgIpc) is 3.16. The van der Waals surface area contributed by atoms with Crippen molar-refractivity contribution < 1.29 is 13.3 Å². The van der Waals surface area contributed by atoms with Crippen LogP contribution in [0.5, 0.6) is 0 Å². The number of hydrogen-bond donors (Lipinski definition) is 0. The summed E-state index contributed by atoms with van der Waals surface area (Å²) >= 11 is 1.36. The van der Waals surface area contributed by atoms with E-state index in [9.17, 15) is 8.42 Å². The molecule has 1 aromatic heterocycles. The summed E-state index contributed by atoms with van der Waals surface area (Å²) in [5.74, 6) is 0. The van der Waals surface area contributed by atoms with Crippen molar-refractivity contribution in [3.63, 3.8) is 0 Å². The van der Waals surface area contributed by atoms with Gasteiger partial charge in [0.05, 0.1) is 5.69 Å². The van der Waals surface area contributed by atoms with Crippen molar-refractivity contribution in [2.75, 3.05) is 37.6 Å². The van der Waals surface area contributed by atoms with Gasteiger partial charge >= 0.3 is 0 Å². The van der Waals surface area contributed by atoms with Gasteiger partial charge in [0.15, 0.2) is 0 Å². The highest BCUT2D eigenvalue weighted by atomic mass is 35.5. The zero-order valence-corrected chi connectivity index (χ0v) is 18.2. The Morgan fingerprint density at radius 3 is 2.64 bits per heavy atom. The van der Waals surface area contributed by atoms with Gasteiger partial charge in [0.2, 0.25) is 0 Å². The fourth-order valence-corrected chi connectivity index (χ4v) is 6.16. The highest BCUT2D eigenvalue weighted by molar-refractivity contribution is 7.93. The molecular formula is C19H24ClN3O3S2. The van der Waals surface area contributed by atoms with Crippen molar-refractivity contribution in [3.05, 3.63) is 46.2 Å². The number of piperidine rings is 1. The van der Waals surface area contributed by atoms with Crippen LogP contribution in [0.25, 0.3) is 0 Å². The van der Waals surface area contributed by atoms with E-state index in [0.29, 0.717) is 23.6 Å². The fourth-order valence-electron chi connectivity index (χ4n) is 3.59. The normalized spacial score (nSPS) is 20.0. The predicted molar refractivity (Wildman–Crippen MR) is 115 cm³/mol. The molecule has 0 bridgehead atoms. The minimum Gasteiger partial charge on any atom is -0.394 e. The van der Waals surface area contributed by atoms with Crippen molar-refractivity contribution in [3.8, 4) is 0 Å². The molecule has 0 unspecified atom stereocenters. The Morgan fingerprint density at radius 1 is 1.11 bits per heavy atom. The van der Waals surface area contributed by atoms with Gasteiger partial charge in [-0.15, -0.1) is 12.4 Å². The topological polar surface area (TPSA) is 62.2 Å². The molecule has 0 aliphatic carbocycles. The van der Waals surface area contributed by atoms with Crippen LogP contribution >= 0.6 is 23.7 Å². The Balaban J connectivity index is 0.00000225. The summed E-state index contributed by atoms with van der Waals surface area (Å²) in [4.78, 5) is 8.33. The maximum Gasteiger partial charge on any atom is 0.265 e. The van der Waals surface area contributed by atoms with Gasteiger partial charge in [-0.1, -0.05) is 29.8 Å². The number of nitrogens with zero attached hydrogens (tertiary/aromatic N) is 3. The fraction of sp³-hybridized carbons (Fsp3) is 0.421. The molecule has 0 radical (unpaired) electrons. The molecule has 0 amide bonds. The SMILES string of the molecule is CN1c2ccccc2/C(=N\OCCN2CCCCC2)c2cscc2S1(=O)=O.Cl. The molecule has 2 aliphatic heterocycles. The molecular weight excluding hydrogens is 418 g/mol. The number of oxime groups is 1. The van der Waals surface area contributed by atoms with Crippen molar-refractivity contribution in [2.24, 2.45) is 5.16 Å². The van der Waals surface area contributed by atoms with E-state index < -0.39 is 10.0 Å². The molecule has 2 aliphatic rings. The standard InChI is InChI=1S/C19H23N3O3S2.ClH/c1-21-17-8-4-3-7-15(17)19(16-13-26-14-18(16)27(21,23)24)20-25-12-11-22-9-5-2-6-10-22;/h3-4,7-8,13-14H,2,5-6,9-12H2,1H3;1H/b20-19+;. The molecule has 2 aromatic rings. The van der Waals surface area contributed by atoms with E-state index in [-0.39, 0.29) is 17.3 Å². The first kappa shape index (κ1) is 21.1. The first-order valence-electron chi connectivity index (χ1n) is 9.16. The molecule has 1 aromatic carbocycles. The number of rotatable bonds is 4. The van der Waals surface area contributed by atoms with Crippen LogP contribution in [-0.2, 0) is 14.9 Å². The third-order valence-corrected chi connectivity index (χ3v) is 7.83. The highest BCUT2D eigenvalue weighted by Gasteiger charge is 2.34. The van der Waals surface area contributed by atoms with Gasteiger partial charge in [0.25, 0.3) is 10.0 Å². The maximum atomic E-state index is 13.0. The summed E-state index contributed by atoms with van der Waals surface area (Å²) in [6.07, 6.45) is 3.79. The molecule has 1 fully saturated rings. The lowest BCUT2D eigenvalue weighted by Crippen LogP contribution is -2.32. The van der Waals surface area contributed by atoms with Crippen LogP contribution < -0.4 is 4.31 Å². The van der Waals surface area contributed by atoms with Crippen LogP contribution in [0.3, 0.4) is 0 Å². The number of para-hydroxylation sites is 1. The third kappa shape index (κ3) is 3.91. The molecule has 0 N–H and O–H groups in total. The summed E-state index contributed by atoms with van der Waals surface area (Å²) in [5, 5.41) is 7.88. The average molecular weight is 442 g/mol. The monoisotopic (exact) mass is 441 g/mol. The second kappa shape index (κ2) is 8.82. The van der Waals surface area contributed by atoms with Crippen molar-refractivity contribution >= 4 is 45.2 Å². The lowest BCUT2D eigenvalue weighted by molar-refractivity contribution is 0.103. The molecule has 6 nitrogen and oxygen atoms in total. The molecule has 9 heteroatoms. The van der Waals surface area contributed by atoms with Gasteiger partial charge in [-0.2, -0.15) is 11.3 Å². The molecule has 0 saturated carbocycles. The van der Waals surface area contributed by atoms with Crippen molar-refractivity contribution in [1.29, 1.82) is 0 Å². The lowest BCUT2D eigenvalue weighted by Gasteiger charge is -2.25. The third-order valence-electron chi connectivity index (χ3n) is 5.12. The minimum absolute atomic E-state index is 0. The van der Waals surface area contributed by atoms with Crippen molar-refractivity contribution in [2.45, 2.75) is 24.2 Å². The first-order valence-corrected chi connectivity index (χ1v) is 11.5.